The minimum absolute atomic E-state index is 0.147. The molecule has 0 spiro atoms. The van der Waals surface area contributed by atoms with Crippen LogP contribution in [0.5, 0.6) is 0 Å². The second kappa shape index (κ2) is 6.39. The van der Waals surface area contributed by atoms with E-state index in [-0.39, 0.29) is 23.3 Å². The van der Waals surface area contributed by atoms with Crippen molar-refractivity contribution in [1.82, 2.24) is 5.32 Å². The molecule has 1 amide bonds. The van der Waals surface area contributed by atoms with E-state index in [1.54, 1.807) is 0 Å². The number of hydrogen-bond acceptors (Lipinski definition) is 2. The van der Waals surface area contributed by atoms with Crippen LogP contribution in [0.3, 0.4) is 0 Å². The van der Waals surface area contributed by atoms with E-state index in [2.05, 4.69) is 26.1 Å². The van der Waals surface area contributed by atoms with E-state index in [9.17, 15) is 4.79 Å². The SMILES string of the molecule is CCCC(CN)NC(=O)C1CCCCC1(C)C. The lowest BCUT2D eigenvalue weighted by Gasteiger charge is -2.38. The van der Waals surface area contributed by atoms with Crippen LogP contribution in [-0.2, 0) is 4.79 Å². The molecule has 1 saturated carbocycles. The Labute approximate surface area is 106 Å². The summed E-state index contributed by atoms with van der Waals surface area (Å²) in [6.07, 6.45) is 6.68. The summed E-state index contributed by atoms with van der Waals surface area (Å²) in [4.78, 5) is 12.3. The minimum atomic E-state index is 0.147. The fourth-order valence-electron chi connectivity index (χ4n) is 2.88. The van der Waals surface area contributed by atoms with Crippen LogP contribution in [0.25, 0.3) is 0 Å². The van der Waals surface area contributed by atoms with Crippen LogP contribution < -0.4 is 11.1 Å². The summed E-state index contributed by atoms with van der Waals surface area (Å²) >= 11 is 0. The van der Waals surface area contributed by atoms with Crippen LogP contribution in [0.4, 0.5) is 0 Å². The first-order chi connectivity index (χ1) is 8.01. The average molecular weight is 240 g/mol. The molecule has 3 N–H and O–H groups in total. The molecule has 3 nitrogen and oxygen atoms in total. The van der Waals surface area contributed by atoms with Gasteiger partial charge in [0.05, 0.1) is 0 Å². The Bertz CT molecular complexity index is 251. The summed E-state index contributed by atoms with van der Waals surface area (Å²) in [6, 6.07) is 0.158. The van der Waals surface area contributed by atoms with Crippen molar-refractivity contribution in [1.29, 1.82) is 0 Å². The van der Waals surface area contributed by atoms with Crippen molar-refractivity contribution >= 4 is 5.91 Å². The molecule has 2 atom stereocenters. The molecule has 3 heteroatoms. The van der Waals surface area contributed by atoms with Crippen LogP contribution in [0.2, 0.25) is 0 Å². The van der Waals surface area contributed by atoms with Crippen LogP contribution in [0, 0.1) is 11.3 Å². The van der Waals surface area contributed by atoms with Crippen LogP contribution in [0.1, 0.15) is 59.3 Å². The second-order valence-corrected chi connectivity index (χ2v) is 6.02. The number of nitrogens with one attached hydrogen (secondary N) is 1. The van der Waals surface area contributed by atoms with E-state index in [0.717, 1.165) is 25.7 Å². The first-order valence-electron chi connectivity index (χ1n) is 7.01. The minimum Gasteiger partial charge on any atom is -0.352 e. The van der Waals surface area contributed by atoms with Gasteiger partial charge in [-0.1, -0.05) is 40.0 Å². The molecule has 100 valence electrons. The van der Waals surface area contributed by atoms with Crippen molar-refractivity contribution in [2.75, 3.05) is 6.54 Å². The standard InChI is InChI=1S/C14H28N2O/c1-4-7-11(10-15)16-13(17)12-8-5-6-9-14(12,2)3/h11-12H,4-10,15H2,1-3H3,(H,16,17). The molecule has 1 aliphatic rings. The van der Waals surface area contributed by atoms with Gasteiger partial charge in [-0.15, -0.1) is 0 Å². The van der Waals surface area contributed by atoms with Gasteiger partial charge in [-0.05, 0) is 24.7 Å². The van der Waals surface area contributed by atoms with Gasteiger partial charge in [0.1, 0.15) is 0 Å². The van der Waals surface area contributed by atoms with Gasteiger partial charge in [0, 0.05) is 18.5 Å². The number of nitrogens with two attached hydrogens (primary N) is 1. The van der Waals surface area contributed by atoms with Crippen molar-refractivity contribution in [2.24, 2.45) is 17.1 Å². The molecule has 0 radical (unpaired) electrons. The Balaban J connectivity index is 2.55. The van der Waals surface area contributed by atoms with Gasteiger partial charge in [-0.25, -0.2) is 0 Å². The Hall–Kier alpha value is -0.570. The van der Waals surface area contributed by atoms with E-state index in [4.69, 9.17) is 5.73 Å². The fourth-order valence-corrected chi connectivity index (χ4v) is 2.88. The Morgan fingerprint density at radius 1 is 1.47 bits per heavy atom. The van der Waals surface area contributed by atoms with Crippen molar-refractivity contribution in [3.05, 3.63) is 0 Å². The number of carbonyl (C=O) groups excluding carboxylic acids is 1. The highest BCUT2D eigenvalue weighted by Gasteiger charge is 2.37. The maximum atomic E-state index is 12.3. The third-order valence-electron chi connectivity index (χ3n) is 4.09. The van der Waals surface area contributed by atoms with Gasteiger partial charge in [0.25, 0.3) is 0 Å². The number of rotatable bonds is 5. The molecule has 0 aliphatic heterocycles. The van der Waals surface area contributed by atoms with E-state index in [0.29, 0.717) is 6.54 Å². The molecule has 0 bridgehead atoms. The summed E-state index contributed by atoms with van der Waals surface area (Å²) in [6.45, 7) is 7.10. The lowest BCUT2D eigenvalue weighted by atomic mass is 9.68. The van der Waals surface area contributed by atoms with E-state index < -0.39 is 0 Å². The molecule has 0 heterocycles. The van der Waals surface area contributed by atoms with Gasteiger partial charge in [-0.2, -0.15) is 0 Å². The molecule has 1 aliphatic carbocycles. The summed E-state index contributed by atoms with van der Waals surface area (Å²) in [5.74, 6) is 0.390. The number of carbonyl (C=O) groups is 1. The topological polar surface area (TPSA) is 55.1 Å². The van der Waals surface area contributed by atoms with Crippen LogP contribution in [-0.4, -0.2) is 18.5 Å². The zero-order valence-corrected chi connectivity index (χ0v) is 11.6. The Kier molecular flexibility index (Phi) is 5.44. The first kappa shape index (κ1) is 14.5. The van der Waals surface area contributed by atoms with Crippen molar-refractivity contribution in [3.8, 4) is 0 Å². The third-order valence-corrected chi connectivity index (χ3v) is 4.09. The largest absolute Gasteiger partial charge is 0.352 e. The molecular weight excluding hydrogens is 212 g/mol. The van der Waals surface area contributed by atoms with E-state index >= 15 is 0 Å². The summed E-state index contributed by atoms with van der Waals surface area (Å²) in [5, 5.41) is 3.13. The van der Waals surface area contributed by atoms with Gasteiger partial charge in [0.15, 0.2) is 0 Å². The lowest BCUT2D eigenvalue weighted by molar-refractivity contribution is -0.130. The van der Waals surface area contributed by atoms with Crippen molar-refractivity contribution in [2.45, 2.75) is 65.3 Å². The van der Waals surface area contributed by atoms with Crippen LogP contribution >= 0.6 is 0 Å². The predicted molar refractivity (Wildman–Crippen MR) is 71.6 cm³/mol. The molecule has 0 aromatic rings. The van der Waals surface area contributed by atoms with E-state index in [1.165, 1.54) is 12.8 Å². The normalized spacial score (nSPS) is 25.3. The smallest absolute Gasteiger partial charge is 0.223 e. The quantitative estimate of drug-likeness (QED) is 0.775. The summed E-state index contributed by atoms with van der Waals surface area (Å²) < 4.78 is 0. The predicted octanol–water partition coefficient (Wildman–Crippen LogP) is 2.45. The first-order valence-corrected chi connectivity index (χ1v) is 7.01. The highest BCUT2D eigenvalue weighted by Crippen LogP contribution is 2.40. The number of amides is 1. The fraction of sp³-hybridized carbons (Fsp3) is 0.929. The van der Waals surface area contributed by atoms with Gasteiger partial charge < -0.3 is 11.1 Å². The molecule has 0 aromatic carbocycles. The summed E-state index contributed by atoms with van der Waals surface area (Å²) in [5.41, 5.74) is 5.84. The molecule has 17 heavy (non-hydrogen) atoms. The van der Waals surface area contributed by atoms with Crippen molar-refractivity contribution < 1.29 is 4.79 Å². The highest BCUT2D eigenvalue weighted by atomic mass is 16.2. The number of hydrogen-bond donors (Lipinski definition) is 2. The molecule has 1 fully saturated rings. The van der Waals surface area contributed by atoms with Gasteiger partial charge in [-0.3, -0.25) is 4.79 Å². The molecular formula is C14H28N2O. The zero-order chi connectivity index (χ0) is 12.9. The maximum Gasteiger partial charge on any atom is 0.223 e. The van der Waals surface area contributed by atoms with Crippen LogP contribution in [0.15, 0.2) is 0 Å². The average Bonchev–Trinajstić information content (AvgIpc) is 2.27. The summed E-state index contributed by atoms with van der Waals surface area (Å²) in [7, 11) is 0. The monoisotopic (exact) mass is 240 g/mol. The van der Waals surface area contributed by atoms with Gasteiger partial charge >= 0.3 is 0 Å². The lowest BCUT2D eigenvalue weighted by Crippen LogP contribution is -2.47. The van der Waals surface area contributed by atoms with Gasteiger partial charge in [0.2, 0.25) is 5.91 Å². The van der Waals surface area contributed by atoms with E-state index in [1.807, 2.05) is 0 Å². The van der Waals surface area contributed by atoms with Crippen molar-refractivity contribution in [3.63, 3.8) is 0 Å². The maximum absolute atomic E-state index is 12.3. The molecule has 2 unspecified atom stereocenters. The molecule has 1 rings (SSSR count). The zero-order valence-electron chi connectivity index (χ0n) is 11.6. The Morgan fingerprint density at radius 3 is 2.71 bits per heavy atom. The highest BCUT2D eigenvalue weighted by molar-refractivity contribution is 5.79. The molecule has 0 aromatic heterocycles. The third kappa shape index (κ3) is 3.98. The second-order valence-electron chi connectivity index (χ2n) is 6.02. The Morgan fingerprint density at radius 2 is 2.18 bits per heavy atom. The molecule has 0 saturated heterocycles.